The second-order valence-corrected chi connectivity index (χ2v) is 4.35. The van der Waals surface area contributed by atoms with Crippen LogP contribution in [0, 0.1) is 0 Å². The van der Waals surface area contributed by atoms with Crippen LogP contribution >= 0.6 is 31.9 Å². The quantitative estimate of drug-likeness (QED) is 0.701. The molecule has 0 aliphatic heterocycles. The van der Waals surface area contributed by atoms with Crippen LogP contribution in [0.5, 0.6) is 11.5 Å². The summed E-state index contributed by atoms with van der Waals surface area (Å²) in [5.41, 5.74) is 0. The molecule has 0 spiro atoms. The van der Waals surface area contributed by atoms with Crippen molar-refractivity contribution in [1.82, 2.24) is 0 Å². The summed E-state index contributed by atoms with van der Waals surface area (Å²) in [6, 6.07) is 2.05. The Morgan fingerprint density at radius 2 is 1.59 bits per heavy atom. The Morgan fingerprint density at radius 3 is 2.06 bits per heavy atom. The van der Waals surface area contributed by atoms with Gasteiger partial charge in [0.15, 0.2) is 0 Å². The third-order valence-corrected chi connectivity index (χ3v) is 2.65. The van der Waals surface area contributed by atoms with Crippen molar-refractivity contribution in [3.05, 3.63) is 21.1 Å². The minimum absolute atomic E-state index is 0.107. The molecule has 0 saturated heterocycles. The normalized spacial score (nSPS) is 11.8. The summed E-state index contributed by atoms with van der Waals surface area (Å²) < 4.78 is 67.4. The van der Waals surface area contributed by atoms with E-state index in [1.807, 2.05) is 0 Å². The van der Waals surface area contributed by atoms with Crippen LogP contribution in [0.3, 0.4) is 0 Å². The van der Waals surface area contributed by atoms with E-state index in [0.717, 1.165) is 12.1 Å². The van der Waals surface area contributed by atoms with Crippen LogP contribution in [0.2, 0.25) is 0 Å². The molecule has 0 fully saturated rings. The Balaban J connectivity index is 3.10. The van der Waals surface area contributed by atoms with E-state index in [-0.39, 0.29) is 8.95 Å². The number of hydrogen-bond acceptors (Lipinski definition) is 2. The Labute approximate surface area is 109 Å². The van der Waals surface area contributed by atoms with E-state index in [1.54, 1.807) is 0 Å². The van der Waals surface area contributed by atoms with Gasteiger partial charge in [0.1, 0.15) is 16.0 Å². The van der Waals surface area contributed by atoms with Gasteiger partial charge in [-0.05, 0) is 28.1 Å². The van der Waals surface area contributed by atoms with Crippen molar-refractivity contribution in [2.75, 3.05) is 0 Å². The van der Waals surface area contributed by atoms with E-state index in [4.69, 9.17) is 0 Å². The van der Waals surface area contributed by atoms with E-state index in [2.05, 4.69) is 41.3 Å². The number of rotatable bonds is 3. The van der Waals surface area contributed by atoms with Crippen LogP contribution in [0.25, 0.3) is 0 Å². The van der Waals surface area contributed by atoms with Crippen LogP contribution in [0.1, 0.15) is 0 Å². The summed E-state index contributed by atoms with van der Waals surface area (Å²) >= 11 is 5.54. The third kappa shape index (κ3) is 4.66. The predicted molar refractivity (Wildman–Crippen MR) is 55.2 cm³/mol. The van der Waals surface area contributed by atoms with Crippen LogP contribution in [-0.2, 0) is 0 Å². The first kappa shape index (κ1) is 14.5. The molecule has 0 unspecified atom stereocenters. The van der Waals surface area contributed by atoms with Gasteiger partial charge in [-0.2, -0.15) is 8.78 Å². The van der Waals surface area contributed by atoms with Crippen molar-refractivity contribution in [2.45, 2.75) is 13.0 Å². The summed E-state index contributed by atoms with van der Waals surface area (Å²) in [5, 5.41) is 0. The second-order valence-electron chi connectivity index (χ2n) is 2.64. The SMILES string of the molecule is FC(F)Oc1cc(Br)cc(OC(F)(F)F)c1Br. The fourth-order valence-electron chi connectivity index (χ4n) is 0.921. The van der Waals surface area contributed by atoms with Gasteiger partial charge in [0.25, 0.3) is 0 Å². The third-order valence-electron chi connectivity index (χ3n) is 1.41. The van der Waals surface area contributed by atoms with Crippen molar-refractivity contribution in [2.24, 2.45) is 0 Å². The van der Waals surface area contributed by atoms with Gasteiger partial charge in [-0.15, -0.1) is 13.2 Å². The zero-order valence-corrected chi connectivity index (χ0v) is 10.9. The summed E-state index contributed by atoms with van der Waals surface area (Å²) in [6.07, 6.45) is -4.93. The number of halogens is 7. The molecule has 17 heavy (non-hydrogen) atoms. The lowest BCUT2D eigenvalue weighted by Gasteiger charge is -2.14. The van der Waals surface area contributed by atoms with Gasteiger partial charge in [0.05, 0.1) is 0 Å². The van der Waals surface area contributed by atoms with Gasteiger partial charge in [0, 0.05) is 4.47 Å². The molecule has 0 aromatic heterocycles. The summed E-state index contributed by atoms with van der Waals surface area (Å²) in [6.45, 7) is -3.15. The highest BCUT2D eigenvalue weighted by molar-refractivity contribution is 9.11. The Morgan fingerprint density at radius 1 is 1.06 bits per heavy atom. The zero-order valence-electron chi connectivity index (χ0n) is 7.69. The molecule has 0 radical (unpaired) electrons. The molecule has 96 valence electrons. The molecule has 0 N–H and O–H groups in total. The lowest BCUT2D eigenvalue weighted by atomic mass is 10.3. The first-order valence-electron chi connectivity index (χ1n) is 3.88. The van der Waals surface area contributed by atoms with E-state index in [9.17, 15) is 22.0 Å². The molecule has 0 saturated carbocycles. The number of benzene rings is 1. The minimum Gasteiger partial charge on any atom is -0.433 e. The average Bonchev–Trinajstić information content (AvgIpc) is 2.09. The fourth-order valence-corrected chi connectivity index (χ4v) is 1.74. The van der Waals surface area contributed by atoms with Crippen molar-refractivity contribution in [3.63, 3.8) is 0 Å². The monoisotopic (exact) mass is 384 g/mol. The van der Waals surface area contributed by atoms with E-state index >= 15 is 0 Å². The highest BCUT2D eigenvalue weighted by atomic mass is 79.9. The first-order chi connectivity index (χ1) is 7.69. The number of ether oxygens (including phenoxy) is 2. The molecule has 1 aromatic rings. The van der Waals surface area contributed by atoms with Crippen LogP contribution < -0.4 is 9.47 Å². The lowest BCUT2D eigenvalue weighted by Crippen LogP contribution is -2.17. The molecule has 0 aliphatic rings. The van der Waals surface area contributed by atoms with Crippen molar-refractivity contribution >= 4 is 31.9 Å². The van der Waals surface area contributed by atoms with Gasteiger partial charge in [-0.25, -0.2) is 0 Å². The highest BCUT2D eigenvalue weighted by Gasteiger charge is 2.32. The molecule has 2 nitrogen and oxygen atoms in total. The standard InChI is InChI=1S/C8H3Br2F5O2/c9-3-1-4(16-7(11)12)6(10)5(2-3)17-8(13,14)15/h1-2,7H. The molecule has 9 heteroatoms. The van der Waals surface area contributed by atoms with Crippen LogP contribution in [0.4, 0.5) is 22.0 Å². The minimum atomic E-state index is -4.93. The van der Waals surface area contributed by atoms with Gasteiger partial charge < -0.3 is 9.47 Å². The van der Waals surface area contributed by atoms with E-state index in [1.165, 1.54) is 0 Å². The average molecular weight is 386 g/mol. The first-order valence-corrected chi connectivity index (χ1v) is 5.47. The molecule has 0 aliphatic carbocycles. The maximum absolute atomic E-state index is 12.0. The molecule has 0 amide bonds. The molecule has 1 rings (SSSR count). The Hall–Kier alpha value is -0.570. The van der Waals surface area contributed by atoms with E-state index in [0.29, 0.717) is 0 Å². The van der Waals surface area contributed by atoms with Crippen molar-refractivity contribution < 1.29 is 31.4 Å². The Bertz CT molecular complexity index is 408. The molecule has 0 bridgehead atoms. The molecule has 0 atom stereocenters. The summed E-state index contributed by atoms with van der Waals surface area (Å²) in [5.74, 6) is -1.14. The van der Waals surface area contributed by atoms with Gasteiger partial charge in [0.2, 0.25) is 0 Å². The zero-order chi connectivity index (χ0) is 13.2. The largest absolute Gasteiger partial charge is 0.573 e. The smallest absolute Gasteiger partial charge is 0.433 e. The molecule has 1 aromatic carbocycles. The van der Waals surface area contributed by atoms with Crippen molar-refractivity contribution in [3.8, 4) is 11.5 Å². The van der Waals surface area contributed by atoms with Gasteiger partial charge >= 0.3 is 13.0 Å². The van der Waals surface area contributed by atoms with Crippen LogP contribution in [0.15, 0.2) is 21.1 Å². The lowest BCUT2D eigenvalue weighted by molar-refractivity contribution is -0.275. The predicted octanol–water partition coefficient (Wildman–Crippen LogP) is 4.71. The number of alkyl halides is 5. The topological polar surface area (TPSA) is 18.5 Å². The highest BCUT2D eigenvalue weighted by Crippen LogP contribution is 2.40. The summed E-state index contributed by atoms with van der Waals surface area (Å²) in [7, 11) is 0. The Kier molecular flexibility index (Phi) is 4.59. The van der Waals surface area contributed by atoms with E-state index < -0.39 is 24.5 Å². The van der Waals surface area contributed by atoms with Gasteiger partial charge in [-0.3, -0.25) is 0 Å². The van der Waals surface area contributed by atoms with Crippen LogP contribution in [-0.4, -0.2) is 13.0 Å². The molecule has 0 heterocycles. The molecular weight excluding hydrogens is 383 g/mol. The second kappa shape index (κ2) is 5.38. The number of hydrogen-bond donors (Lipinski definition) is 0. The summed E-state index contributed by atoms with van der Waals surface area (Å²) in [4.78, 5) is 0. The van der Waals surface area contributed by atoms with Gasteiger partial charge in [-0.1, -0.05) is 15.9 Å². The fraction of sp³-hybridized carbons (Fsp3) is 0.250. The maximum Gasteiger partial charge on any atom is 0.573 e. The maximum atomic E-state index is 12.0. The van der Waals surface area contributed by atoms with Crippen molar-refractivity contribution in [1.29, 1.82) is 0 Å². The molecular formula is C8H3Br2F5O2.